The number of alkyl halides is 3. The molecule has 0 unspecified atom stereocenters. The number of hydrogen-bond donors (Lipinski definition) is 3. The lowest BCUT2D eigenvalue weighted by Crippen LogP contribution is -2.29. The van der Waals surface area contributed by atoms with E-state index in [-0.39, 0.29) is 27.2 Å². The lowest BCUT2D eigenvalue weighted by Gasteiger charge is -2.13. The van der Waals surface area contributed by atoms with Gasteiger partial charge in [-0.05, 0) is 42.8 Å². The Morgan fingerprint density at radius 1 is 1.00 bits per heavy atom. The van der Waals surface area contributed by atoms with Crippen LogP contribution in [-0.4, -0.2) is 18.4 Å². The van der Waals surface area contributed by atoms with Crippen LogP contribution in [0.4, 0.5) is 18.9 Å². The largest absolute Gasteiger partial charge is 0.417 e. The fourth-order valence-corrected chi connectivity index (χ4v) is 4.15. The highest BCUT2D eigenvalue weighted by atomic mass is 35.5. The summed E-state index contributed by atoms with van der Waals surface area (Å²) >= 11 is 5.60. The van der Waals surface area contributed by atoms with Gasteiger partial charge >= 0.3 is 17.3 Å². The number of halogens is 4. The van der Waals surface area contributed by atoms with Crippen molar-refractivity contribution in [2.24, 2.45) is 0 Å². The van der Waals surface area contributed by atoms with Gasteiger partial charge in [0.05, 0.1) is 32.2 Å². The zero-order chi connectivity index (χ0) is 20.9. The number of rotatable bonds is 3. The van der Waals surface area contributed by atoms with E-state index in [1.54, 1.807) is 0 Å². The van der Waals surface area contributed by atoms with Crippen LogP contribution in [0.25, 0.3) is 11.0 Å². The Kier molecular flexibility index (Phi) is 4.76. The molecular formula is C16H11ClF3N3O4S. The third-order valence-corrected chi connectivity index (χ3v) is 5.67. The van der Waals surface area contributed by atoms with Crippen molar-refractivity contribution in [2.45, 2.75) is 18.0 Å². The summed E-state index contributed by atoms with van der Waals surface area (Å²) in [6.45, 7) is 1.46. The molecular weight excluding hydrogens is 423 g/mol. The molecule has 0 saturated carbocycles. The molecule has 3 aromatic rings. The van der Waals surface area contributed by atoms with Gasteiger partial charge in [-0.1, -0.05) is 11.6 Å². The molecule has 0 atom stereocenters. The standard InChI is InChI=1S/C16H11ClF3N3O4S/c1-7-4-11-12(22-15(25)14(24)21-11)6-13(7)28(26,27)23-8-2-3-9(10(17)5-8)16(18,19)20/h2-6,23H,1H3,(H,21,24)(H,22,25). The number of hydrogen-bond acceptors (Lipinski definition) is 4. The second kappa shape index (κ2) is 6.67. The van der Waals surface area contributed by atoms with Crippen molar-refractivity contribution in [1.29, 1.82) is 0 Å². The van der Waals surface area contributed by atoms with Crippen LogP contribution in [0.1, 0.15) is 11.1 Å². The Morgan fingerprint density at radius 3 is 2.11 bits per heavy atom. The van der Waals surface area contributed by atoms with E-state index in [0.717, 1.165) is 18.2 Å². The van der Waals surface area contributed by atoms with Crippen molar-refractivity contribution in [3.63, 3.8) is 0 Å². The van der Waals surface area contributed by atoms with Crippen molar-refractivity contribution in [1.82, 2.24) is 9.97 Å². The first-order valence-corrected chi connectivity index (χ1v) is 9.41. The van der Waals surface area contributed by atoms with Crippen molar-refractivity contribution in [3.8, 4) is 0 Å². The van der Waals surface area contributed by atoms with Crippen molar-refractivity contribution in [3.05, 3.63) is 67.2 Å². The average Bonchev–Trinajstić information content (AvgIpc) is 2.54. The van der Waals surface area contributed by atoms with Gasteiger partial charge in [-0.15, -0.1) is 0 Å². The molecule has 0 amide bonds. The summed E-state index contributed by atoms with van der Waals surface area (Å²) in [5.74, 6) is 0. The molecule has 148 valence electrons. The second-order valence-corrected chi connectivity index (χ2v) is 7.93. The normalized spacial score (nSPS) is 12.3. The van der Waals surface area contributed by atoms with Crippen LogP contribution in [0.2, 0.25) is 5.02 Å². The summed E-state index contributed by atoms with van der Waals surface area (Å²) in [6, 6.07) is 4.92. The minimum Gasteiger partial charge on any atom is -0.316 e. The number of aryl methyl sites for hydroxylation is 1. The van der Waals surface area contributed by atoms with Gasteiger partial charge in [0.1, 0.15) is 0 Å². The number of benzene rings is 2. The smallest absolute Gasteiger partial charge is 0.316 e. The predicted octanol–water partition coefficient (Wildman–Crippen LogP) is 3.00. The highest BCUT2D eigenvalue weighted by Crippen LogP contribution is 2.36. The van der Waals surface area contributed by atoms with Gasteiger partial charge in [0.15, 0.2) is 0 Å². The Morgan fingerprint density at radius 2 is 1.57 bits per heavy atom. The number of nitrogens with one attached hydrogen (secondary N) is 3. The van der Waals surface area contributed by atoms with E-state index in [0.29, 0.717) is 6.07 Å². The summed E-state index contributed by atoms with van der Waals surface area (Å²) in [4.78, 5) is 27.2. The molecule has 0 spiro atoms. The van der Waals surface area contributed by atoms with E-state index in [1.807, 2.05) is 0 Å². The maximum absolute atomic E-state index is 12.8. The van der Waals surface area contributed by atoms with Crippen LogP contribution in [0.5, 0.6) is 0 Å². The van der Waals surface area contributed by atoms with E-state index in [2.05, 4.69) is 14.7 Å². The SMILES string of the molecule is Cc1cc2[nH]c(=O)c(=O)[nH]c2cc1S(=O)(=O)Nc1ccc(C(F)(F)F)c(Cl)c1. The van der Waals surface area contributed by atoms with E-state index in [4.69, 9.17) is 11.6 Å². The van der Waals surface area contributed by atoms with Gasteiger partial charge in [0, 0.05) is 0 Å². The third-order valence-electron chi connectivity index (χ3n) is 3.83. The monoisotopic (exact) mass is 433 g/mol. The predicted molar refractivity (Wildman–Crippen MR) is 97.2 cm³/mol. The number of aromatic nitrogens is 2. The van der Waals surface area contributed by atoms with Crippen LogP contribution in [-0.2, 0) is 16.2 Å². The first-order chi connectivity index (χ1) is 12.9. The zero-order valence-corrected chi connectivity index (χ0v) is 15.5. The maximum Gasteiger partial charge on any atom is 0.417 e. The third kappa shape index (κ3) is 3.76. The highest BCUT2D eigenvalue weighted by Gasteiger charge is 2.33. The first kappa shape index (κ1) is 20.0. The zero-order valence-electron chi connectivity index (χ0n) is 13.9. The second-order valence-electron chi connectivity index (χ2n) is 5.87. The summed E-state index contributed by atoms with van der Waals surface area (Å²) in [6.07, 6.45) is -4.67. The molecule has 12 heteroatoms. The molecule has 2 aromatic carbocycles. The van der Waals surface area contributed by atoms with Crippen molar-refractivity contribution >= 4 is 38.3 Å². The van der Waals surface area contributed by atoms with E-state index in [1.165, 1.54) is 13.0 Å². The minimum atomic E-state index is -4.67. The maximum atomic E-state index is 12.8. The van der Waals surface area contributed by atoms with Crippen LogP contribution in [0.3, 0.4) is 0 Å². The molecule has 0 fully saturated rings. The topological polar surface area (TPSA) is 112 Å². The quantitative estimate of drug-likeness (QED) is 0.551. The van der Waals surface area contributed by atoms with E-state index < -0.39 is 37.9 Å². The van der Waals surface area contributed by atoms with E-state index in [9.17, 15) is 31.2 Å². The van der Waals surface area contributed by atoms with Crippen LogP contribution < -0.4 is 15.8 Å². The molecule has 0 saturated heterocycles. The molecule has 1 aromatic heterocycles. The van der Waals surface area contributed by atoms with Gasteiger partial charge in [0.25, 0.3) is 10.0 Å². The van der Waals surface area contributed by atoms with E-state index >= 15 is 0 Å². The number of sulfonamides is 1. The van der Waals surface area contributed by atoms with Gasteiger partial charge in [-0.2, -0.15) is 13.2 Å². The highest BCUT2D eigenvalue weighted by molar-refractivity contribution is 7.92. The molecule has 0 aliphatic rings. The minimum absolute atomic E-state index is 0.0704. The Labute approximate surface area is 160 Å². The van der Waals surface area contributed by atoms with Gasteiger partial charge in [-0.25, -0.2) is 8.42 Å². The lowest BCUT2D eigenvalue weighted by molar-refractivity contribution is -0.137. The van der Waals surface area contributed by atoms with Crippen LogP contribution in [0, 0.1) is 6.92 Å². The van der Waals surface area contributed by atoms with Gasteiger partial charge < -0.3 is 9.97 Å². The van der Waals surface area contributed by atoms with Crippen molar-refractivity contribution < 1.29 is 21.6 Å². The molecule has 3 N–H and O–H groups in total. The first-order valence-electron chi connectivity index (χ1n) is 7.55. The van der Waals surface area contributed by atoms with Gasteiger partial charge in [-0.3, -0.25) is 14.3 Å². The summed E-state index contributed by atoms with van der Waals surface area (Å²) in [5.41, 5.74) is -2.59. The fraction of sp³-hybridized carbons (Fsp3) is 0.125. The Balaban J connectivity index is 2.05. The lowest BCUT2D eigenvalue weighted by atomic mass is 10.2. The summed E-state index contributed by atoms with van der Waals surface area (Å²) in [5, 5.41) is -0.662. The molecule has 28 heavy (non-hydrogen) atoms. The molecule has 0 aliphatic carbocycles. The summed E-state index contributed by atoms with van der Waals surface area (Å²) in [7, 11) is -4.23. The molecule has 0 bridgehead atoms. The Hall–Kier alpha value is -2.79. The molecule has 1 heterocycles. The number of fused-ring (bicyclic) bond motifs is 1. The van der Waals surface area contributed by atoms with Crippen molar-refractivity contribution in [2.75, 3.05) is 4.72 Å². The molecule has 0 radical (unpaired) electrons. The number of anilines is 1. The summed E-state index contributed by atoms with van der Waals surface area (Å²) < 4.78 is 65.8. The fourth-order valence-electron chi connectivity index (χ4n) is 2.56. The number of aromatic amines is 2. The number of H-pyrrole nitrogens is 2. The Bertz CT molecular complexity index is 1310. The molecule has 7 nitrogen and oxygen atoms in total. The molecule has 0 aliphatic heterocycles. The van der Waals surface area contributed by atoms with Gasteiger partial charge in [0.2, 0.25) is 0 Å². The van der Waals surface area contributed by atoms with Crippen LogP contribution in [0.15, 0.2) is 44.8 Å². The van der Waals surface area contributed by atoms with Crippen LogP contribution >= 0.6 is 11.6 Å². The molecule has 3 rings (SSSR count). The average molecular weight is 434 g/mol.